The van der Waals surface area contributed by atoms with Crippen molar-refractivity contribution in [2.75, 3.05) is 6.61 Å². The highest BCUT2D eigenvalue weighted by Crippen LogP contribution is 2.37. The lowest BCUT2D eigenvalue weighted by Gasteiger charge is -2.21. The number of ether oxygens (including phenoxy) is 1. The van der Waals surface area contributed by atoms with Gasteiger partial charge in [0.15, 0.2) is 6.23 Å². The van der Waals surface area contributed by atoms with Crippen molar-refractivity contribution in [3.05, 3.63) is 69.5 Å². The SMILES string of the molecule is O=C(CCn1cccc1)NCc1cn([C@@H]2[C@H](O)[C@@H](CO)O[C@H]2n2ccc(=O)[nH]c2=O)nn1. The Balaban J connectivity index is 1.46. The number of nitrogens with one attached hydrogen (secondary N) is 2. The number of nitrogens with zero attached hydrogens (tertiary/aromatic N) is 5. The Morgan fingerprint density at radius 3 is 2.75 bits per heavy atom. The minimum absolute atomic E-state index is 0.126. The lowest BCUT2D eigenvalue weighted by molar-refractivity contribution is -0.121. The van der Waals surface area contributed by atoms with Crippen LogP contribution in [-0.4, -0.2) is 64.0 Å². The van der Waals surface area contributed by atoms with Crippen molar-refractivity contribution in [2.24, 2.45) is 0 Å². The number of amides is 1. The van der Waals surface area contributed by atoms with E-state index in [1.807, 2.05) is 29.1 Å². The molecule has 13 nitrogen and oxygen atoms in total. The summed E-state index contributed by atoms with van der Waals surface area (Å²) in [5.41, 5.74) is -0.865. The Hall–Kier alpha value is -3.55. The van der Waals surface area contributed by atoms with Gasteiger partial charge in [0.05, 0.1) is 19.3 Å². The Morgan fingerprint density at radius 1 is 1.25 bits per heavy atom. The smallest absolute Gasteiger partial charge is 0.330 e. The van der Waals surface area contributed by atoms with Crippen molar-refractivity contribution in [3.8, 4) is 0 Å². The number of hydrogen-bond acceptors (Lipinski definition) is 8. The van der Waals surface area contributed by atoms with E-state index < -0.39 is 42.3 Å². The van der Waals surface area contributed by atoms with E-state index in [4.69, 9.17) is 4.74 Å². The van der Waals surface area contributed by atoms with Gasteiger partial charge in [-0.15, -0.1) is 5.10 Å². The number of aryl methyl sites for hydroxylation is 1. The van der Waals surface area contributed by atoms with Crippen LogP contribution < -0.4 is 16.6 Å². The average molecular weight is 445 g/mol. The number of aliphatic hydroxyl groups is 2. The zero-order chi connectivity index (χ0) is 22.7. The van der Waals surface area contributed by atoms with E-state index in [2.05, 4.69) is 20.6 Å². The Kier molecular flexibility index (Phi) is 6.30. The second kappa shape index (κ2) is 9.30. The molecule has 32 heavy (non-hydrogen) atoms. The number of carbonyl (C=O) groups is 1. The first-order valence-corrected chi connectivity index (χ1v) is 10.0. The molecule has 4 atom stereocenters. The lowest BCUT2D eigenvalue weighted by atomic mass is 10.1. The summed E-state index contributed by atoms with van der Waals surface area (Å²) in [6, 6.07) is 4.01. The number of aromatic nitrogens is 6. The van der Waals surface area contributed by atoms with Gasteiger partial charge in [-0.25, -0.2) is 9.48 Å². The van der Waals surface area contributed by atoms with Crippen molar-refractivity contribution in [1.29, 1.82) is 0 Å². The van der Waals surface area contributed by atoms with Crippen LogP contribution in [0.2, 0.25) is 0 Å². The molecule has 4 rings (SSSR count). The molecule has 0 aliphatic carbocycles. The Labute approximate surface area is 180 Å². The predicted molar refractivity (Wildman–Crippen MR) is 108 cm³/mol. The molecule has 1 saturated heterocycles. The minimum atomic E-state index is -1.20. The number of rotatable bonds is 8. The third kappa shape index (κ3) is 4.54. The average Bonchev–Trinajstić information content (AvgIpc) is 3.51. The Bertz CT molecular complexity index is 1170. The maximum Gasteiger partial charge on any atom is 0.330 e. The van der Waals surface area contributed by atoms with Gasteiger partial charge in [0, 0.05) is 37.6 Å². The van der Waals surface area contributed by atoms with Crippen molar-refractivity contribution >= 4 is 5.91 Å². The van der Waals surface area contributed by atoms with E-state index in [1.54, 1.807) is 0 Å². The van der Waals surface area contributed by atoms with Gasteiger partial charge in [0.1, 0.15) is 23.9 Å². The highest BCUT2D eigenvalue weighted by molar-refractivity contribution is 5.75. The van der Waals surface area contributed by atoms with Crippen molar-refractivity contribution < 1.29 is 19.7 Å². The number of carbonyl (C=O) groups excluding carboxylic acids is 1. The highest BCUT2D eigenvalue weighted by Gasteiger charge is 2.46. The third-order valence-corrected chi connectivity index (χ3v) is 5.24. The number of aliphatic hydroxyl groups excluding tert-OH is 2. The number of hydrogen-bond donors (Lipinski definition) is 4. The Morgan fingerprint density at radius 2 is 2.03 bits per heavy atom. The second-order valence-corrected chi connectivity index (χ2v) is 7.38. The van der Waals surface area contributed by atoms with Gasteiger partial charge in [-0.1, -0.05) is 5.21 Å². The summed E-state index contributed by atoms with van der Waals surface area (Å²) in [6.45, 7) is 0.196. The standard InChI is InChI=1S/C19H23N7O6/c27-11-13-17(30)16(18(32-13)25-8-4-15(29)21-19(25)31)26-10-12(22-23-26)9-20-14(28)3-7-24-5-1-2-6-24/h1-2,4-6,8,10,13,16-18,27,30H,3,7,9,11H2,(H,20,28)(H,21,29,31)/t13-,16-,17-,18-/m1/s1. The maximum atomic E-state index is 12.2. The van der Waals surface area contributed by atoms with Crippen molar-refractivity contribution in [1.82, 2.24) is 34.4 Å². The molecular formula is C19H23N7O6. The first-order valence-electron chi connectivity index (χ1n) is 10.0. The zero-order valence-corrected chi connectivity index (χ0v) is 16.9. The molecule has 1 aliphatic heterocycles. The van der Waals surface area contributed by atoms with Gasteiger partial charge < -0.3 is 24.8 Å². The van der Waals surface area contributed by atoms with Gasteiger partial charge >= 0.3 is 5.69 Å². The van der Waals surface area contributed by atoms with E-state index in [9.17, 15) is 24.6 Å². The fourth-order valence-electron chi connectivity index (χ4n) is 3.59. The molecule has 0 bridgehead atoms. The first-order chi connectivity index (χ1) is 15.5. The van der Waals surface area contributed by atoms with E-state index in [1.165, 1.54) is 17.1 Å². The number of H-pyrrole nitrogens is 1. The van der Waals surface area contributed by atoms with Gasteiger partial charge in [-0.2, -0.15) is 0 Å². The van der Waals surface area contributed by atoms with Gasteiger partial charge in [-0.05, 0) is 12.1 Å². The van der Waals surface area contributed by atoms with Crippen LogP contribution in [0.1, 0.15) is 24.4 Å². The van der Waals surface area contributed by atoms with Crippen LogP contribution in [-0.2, 0) is 22.6 Å². The normalized spacial score (nSPS) is 22.8. The monoisotopic (exact) mass is 445 g/mol. The van der Waals surface area contributed by atoms with Crippen molar-refractivity contribution in [2.45, 2.75) is 44.0 Å². The first kappa shape index (κ1) is 21.7. The van der Waals surface area contributed by atoms with Crippen LogP contribution >= 0.6 is 0 Å². The lowest BCUT2D eigenvalue weighted by Crippen LogP contribution is -2.36. The molecule has 0 aromatic carbocycles. The quantitative estimate of drug-likeness (QED) is 0.312. The molecule has 1 amide bonds. The molecule has 0 radical (unpaired) electrons. The predicted octanol–water partition coefficient (Wildman–Crippen LogP) is -1.87. The molecular weight excluding hydrogens is 422 g/mol. The summed E-state index contributed by atoms with van der Waals surface area (Å²) in [4.78, 5) is 37.8. The van der Waals surface area contributed by atoms with Crippen LogP contribution in [0.4, 0.5) is 0 Å². The highest BCUT2D eigenvalue weighted by atomic mass is 16.5. The molecule has 170 valence electrons. The van der Waals surface area contributed by atoms with Gasteiger partial charge in [-0.3, -0.25) is 19.1 Å². The van der Waals surface area contributed by atoms with E-state index in [0.29, 0.717) is 18.7 Å². The summed E-state index contributed by atoms with van der Waals surface area (Å²) < 4.78 is 9.98. The van der Waals surface area contributed by atoms with Crippen LogP contribution in [0.3, 0.4) is 0 Å². The van der Waals surface area contributed by atoms with Crippen LogP contribution in [0.15, 0.2) is 52.6 Å². The second-order valence-electron chi connectivity index (χ2n) is 7.38. The molecule has 4 N–H and O–H groups in total. The molecule has 3 aromatic rings. The topological polar surface area (TPSA) is 169 Å². The summed E-state index contributed by atoms with van der Waals surface area (Å²) in [6.07, 6.45) is 3.60. The van der Waals surface area contributed by atoms with E-state index in [0.717, 1.165) is 10.6 Å². The van der Waals surface area contributed by atoms with E-state index >= 15 is 0 Å². The zero-order valence-electron chi connectivity index (χ0n) is 16.9. The van der Waals surface area contributed by atoms with Crippen LogP contribution in [0.5, 0.6) is 0 Å². The van der Waals surface area contributed by atoms with Crippen LogP contribution in [0.25, 0.3) is 0 Å². The summed E-state index contributed by atoms with van der Waals surface area (Å²) in [7, 11) is 0. The van der Waals surface area contributed by atoms with Gasteiger partial charge in [0.25, 0.3) is 5.56 Å². The number of aromatic amines is 1. The van der Waals surface area contributed by atoms with E-state index in [-0.39, 0.29) is 12.5 Å². The molecule has 0 unspecified atom stereocenters. The molecule has 0 saturated carbocycles. The summed E-state index contributed by atoms with van der Waals surface area (Å²) in [5, 5.41) is 30.9. The third-order valence-electron chi connectivity index (χ3n) is 5.24. The molecule has 13 heteroatoms. The fraction of sp³-hybridized carbons (Fsp3) is 0.421. The molecule has 0 spiro atoms. The molecule has 1 aliphatic rings. The molecule has 4 heterocycles. The van der Waals surface area contributed by atoms with Gasteiger partial charge in [0.2, 0.25) is 5.91 Å². The fourth-order valence-corrected chi connectivity index (χ4v) is 3.59. The summed E-state index contributed by atoms with van der Waals surface area (Å²) >= 11 is 0. The molecule has 1 fully saturated rings. The largest absolute Gasteiger partial charge is 0.394 e. The minimum Gasteiger partial charge on any atom is -0.394 e. The summed E-state index contributed by atoms with van der Waals surface area (Å²) in [5.74, 6) is -0.157. The van der Waals surface area contributed by atoms with Crippen molar-refractivity contribution in [3.63, 3.8) is 0 Å². The maximum absolute atomic E-state index is 12.2. The van der Waals surface area contributed by atoms with Crippen LogP contribution in [0, 0.1) is 0 Å². The molecule has 3 aromatic heterocycles.